The summed E-state index contributed by atoms with van der Waals surface area (Å²) >= 11 is 0. The Morgan fingerprint density at radius 3 is 2.58 bits per heavy atom. The molecule has 0 amide bonds. The Labute approximate surface area is 120 Å². The Morgan fingerprint density at radius 2 is 2.00 bits per heavy atom. The van der Waals surface area contributed by atoms with Crippen LogP contribution in [0.15, 0.2) is 0 Å². The summed E-state index contributed by atoms with van der Waals surface area (Å²) < 4.78 is 0. The Kier molecular flexibility index (Phi) is 4.94. The van der Waals surface area contributed by atoms with Gasteiger partial charge in [0.05, 0.1) is 0 Å². The van der Waals surface area contributed by atoms with E-state index in [0.29, 0.717) is 5.41 Å². The van der Waals surface area contributed by atoms with Gasteiger partial charge in [-0.3, -0.25) is 0 Å². The lowest BCUT2D eigenvalue weighted by atomic mass is 9.69. The van der Waals surface area contributed by atoms with E-state index in [1.165, 1.54) is 38.8 Å². The first-order valence-corrected chi connectivity index (χ1v) is 8.38. The summed E-state index contributed by atoms with van der Waals surface area (Å²) in [6.07, 6.45) is 5.53. The van der Waals surface area contributed by atoms with Gasteiger partial charge in [-0.1, -0.05) is 27.7 Å². The number of nitrogens with zero attached hydrogens (tertiary/aromatic N) is 1. The molecular formula is C17H34N2. The molecule has 0 aromatic rings. The van der Waals surface area contributed by atoms with Crippen LogP contribution in [0.2, 0.25) is 0 Å². The molecule has 112 valence electrons. The standard InChI is InChI=1S/C17H34N2/c1-6-18-16-7-8-17(4,5)10-15(16)12-19-11-13(2)9-14(19)3/h13-16,18H,6-12H2,1-5H3. The van der Waals surface area contributed by atoms with E-state index in [0.717, 1.165) is 30.5 Å². The first-order valence-electron chi connectivity index (χ1n) is 8.38. The lowest BCUT2D eigenvalue weighted by Gasteiger charge is -2.43. The fraction of sp³-hybridized carbons (Fsp3) is 1.00. The molecule has 2 fully saturated rings. The van der Waals surface area contributed by atoms with Crippen LogP contribution < -0.4 is 5.32 Å². The van der Waals surface area contributed by atoms with Gasteiger partial charge in [0.15, 0.2) is 0 Å². The third kappa shape index (κ3) is 3.95. The van der Waals surface area contributed by atoms with Gasteiger partial charge in [-0.2, -0.15) is 0 Å². The zero-order valence-electron chi connectivity index (χ0n) is 13.7. The average Bonchev–Trinajstić information content (AvgIpc) is 2.61. The molecule has 0 aromatic heterocycles. The number of likely N-dealkylation sites (tertiary alicyclic amines) is 1. The summed E-state index contributed by atoms with van der Waals surface area (Å²) in [6.45, 7) is 15.7. The van der Waals surface area contributed by atoms with Gasteiger partial charge < -0.3 is 10.2 Å². The molecule has 1 aliphatic carbocycles. The highest BCUT2D eigenvalue weighted by Crippen LogP contribution is 2.40. The fourth-order valence-electron chi connectivity index (χ4n) is 4.40. The second-order valence-electron chi connectivity index (χ2n) is 7.98. The molecule has 4 atom stereocenters. The number of rotatable bonds is 4. The largest absolute Gasteiger partial charge is 0.314 e. The van der Waals surface area contributed by atoms with Crippen molar-refractivity contribution in [1.29, 1.82) is 0 Å². The summed E-state index contributed by atoms with van der Waals surface area (Å²) in [6, 6.07) is 1.54. The molecule has 19 heavy (non-hydrogen) atoms. The molecule has 1 N–H and O–H groups in total. The quantitative estimate of drug-likeness (QED) is 0.837. The van der Waals surface area contributed by atoms with Crippen LogP contribution >= 0.6 is 0 Å². The third-order valence-electron chi connectivity index (χ3n) is 5.36. The van der Waals surface area contributed by atoms with Crippen molar-refractivity contribution in [3.8, 4) is 0 Å². The van der Waals surface area contributed by atoms with Crippen molar-refractivity contribution < 1.29 is 0 Å². The molecule has 2 heteroatoms. The molecule has 4 unspecified atom stereocenters. The first kappa shape index (κ1) is 15.3. The monoisotopic (exact) mass is 266 g/mol. The van der Waals surface area contributed by atoms with Crippen molar-refractivity contribution in [2.24, 2.45) is 17.3 Å². The minimum Gasteiger partial charge on any atom is -0.314 e. The highest BCUT2D eigenvalue weighted by molar-refractivity contribution is 4.92. The topological polar surface area (TPSA) is 15.3 Å². The lowest BCUT2D eigenvalue weighted by molar-refractivity contribution is 0.0974. The molecule has 1 heterocycles. The van der Waals surface area contributed by atoms with E-state index in [1.54, 1.807) is 0 Å². The average molecular weight is 266 g/mol. The smallest absolute Gasteiger partial charge is 0.0108 e. The molecule has 2 rings (SSSR count). The summed E-state index contributed by atoms with van der Waals surface area (Å²) in [7, 11) is 0. The molecule has 2 aliphatic rings. The Hall–Kier alpha value is -0.0800. The minimum atomic E-state index is 0.547. The van der Waals surface area contributed by atoms with Crippen LogP contribution in [0.5, 0.6) is 0 Å². The summed E-state index contributed by atoms with van der Waals surface area (Å²) in [5.74, 6) is 1.74. The van der Waals surface area contributed by atoms with Crippen LogP contribution in [0.1, 0.15) is 60.3 Å². The summed E-state index contributed by atoms with van der Waals surface area (Å²) in [5.41, 5.74) is 0.547. The maximum Gasteiger partial charge on any atom is 0.0108 e. The van der Waals surface area contributed by atoms with Crippen LogP contribution in [0, 0.1) is 17.3 Å². The fourth-order valence-corrected chi connectivity index (χ4v) is 4.40. The molecule has 1 aliphatic heterocycles. The van der Waals surface area contributed by atoms with E-state index in [4.69, 9.17) is 0 Å². The zero-order chi connectivity index (χ0) is 14.0. The Bertz CT molecular complexity index is 287. The van der Waals surface area contributed by atoms with E-state index >= 15 is 0 Å². The van der Waals surface area contributed by atoms with Crippen molar-refractivity contribution in [2.45, 2.75) is 72.4 Å². The van der Waals surface area contributed by atoms with Gasteiger partial charge in [0.25, 0.3) is 0 Å². The second-order valence-corrected chi connectivity index (χ2v) is 7.98. The maximum atomic E-state index is 3.75. The van der Waals surface area contributed by atoms with E-state index in [2.05, 4.69) is 44.8 Å². The van der Waals surface area contributed by atoms with E-state index < -0.39 is 0 Å². The van der Waals surface area contributed by atoms with Crippen molar-refractivity contribution in [3.05, 3.63) is 0 Å². The minimum absolute atomic E-state index is 0.547. The normalized spacial score (nSPS) is 39.6. The highest BCUT2D eigenvalue weighted by Gasteiger charge is 2.37. The summed E-state index contributed by atoms with van der Waals surface area (Å²) in [5, 5.41) is 3.75. The van der Waals surface area contributed by atoms with E-state index in [-0.39, 0.29) is 0 Å². The van der Waals surface area contributed by atoms with Crippen molar-refractivity contribution in [3.63, 3.8) is 0 Å². The predicted octanol–water partition coefficient (Wildman–Crippen LogP) is 3.52. The van der Waals surface area contributed by atoms with Gasteiger partial charge in [-0.05, 0) is 56.4 Å². The van der Waals surface area contributed by atoms with Gasteiger partial charge in [0.1, 0.15) is 0 Å². The van der Waals surface area contributed by atoms with Gasteiger partial charge in [-0.25, -0.2) is 0 Å². The van der Waals surface area contributed by atoms with Crippen LogP contribution in [-0.2, 0) is 0 Å². The van der Waals surface area contributed by atoms with E-state index in [9.17, 15) is 0 Å². The van der Waals surface area contributed by atoms with Gasteiger partial charge in [0, 0.05) is 25.2 Å². The van der Waals surface area contributed by atoms with Crippen LogP contribution in [0.4, 0.5) is 0 Å². The van der Waals surface area contributed by atoms with Gasteiger partial charge in [0.2, 0.25) is 0 Å². The number of hydrogen-bond donors (Lipinski definition) is 1. The van der Waals surface area contributed by atoms with Crippen LogP contribution in [0.3, 0.4) is 0 Å². The number of nitrogens with one attached hydrogen (secondary N) is 1. The van der Waals surface area contributed by atoms with Crippen LogP contribution in [-0.4, -0.2) is 36.6 Å². The first-order chi connectivity index (χ1) is 8.91. The lowest BCUT2D eigenvalue weighted by Crippen LogP contribution is -2.48. The molecular weight excluding hydrogens is 232 g/mol. The molecule has 2 nitrogen and oxygen atoms in total. The molecule has 0 bridgehead atoms. The Morgan fingerprint density at radius 1 is 1.26 bits per heavy atom. The molecule has 0 radical (unpaired) electrons. The van der Waals surface area contributed by atoms with Crippen molar-refractivity contribution in [1.82, 2.24) is 10.2 Å². The highest BCUT2D eigenvalue weighted by atomic mass is 15.2. The third-order valence-corrected chi connectivity index (χ3v) is 5.36. The Balaban J connectivity index is 1.97. The summed E-state index contributed by atoms with van der Waals surface area (Å²) in [4.78, 5) is 2.75. The van der Waals surface area contributed by atoms with Gasteiger partial charge in [-0.15, -0.1) is 0 Å². The molecule has 1 saturated heterocycles. The predicted molar refractivity (Wildman–Crippen MR) is 83.4 cm³/mol. The molecule has 1 saturated carbocycles. The van der Waals surface area contributed by atoms with Crippen molar-refractivity contribution >= 4 is 0 Å². The van der Waals surface area contributed by atoms with E-state index in [1.807, 2.05) is 0 Å². The van der Waals surface area contributed by atoms with Crippen LogP contribution in [0.25, 0.3) is 0 Å². The molecule has 0 aromatic carbocycles. The second kappa shape index (κ2) is 6.13. The van der Waals surface area contributed by atoms with Crippen molar-refractivity contribution in [2.75, 3.05) is 19.6 Å². The maximum absolute atomic E-state index is 3.75. The SMILES string of the molecule is CCNC1CCC(C)(C)CC1CN1CC(C)CC1C. The van der Waals surface area contributed by atoms with Gasteiger partial charge >= 0.3 is 0 Å². The zero-order valence-corrected chi connectivity index (χ0v) is 13.7. The molecule has 0 spiro atoms. The number of hydrogen-bond acceptors (Lipinski definition) is 2.